The number of fused-ring (bicyclic) bond motifs is 3. The molecule has 0 saturated heterocycles. The van der Waals surface area contributed by atoms with E-state index < -0.39 is 0 Å². The van der Waals surface area contributed by atoms with Crippen molar-refractivity contribution in [3.8, 4) is 39.7 Å². The molecule has 2 heterocycles. The summed E-state index contributed by atoms with van der Waals surface area (Å²) in [6.45, 7) is 0. The van der Waals surface area contributed by atoms with Crippen LogP contribution in [0.15, 0.2) is 102 Å². The molecule has 0 aliphatic heterocycles. The second-order valence-electron chi connectivity index (χ2n) is 8.74. The Kier molecular flexibility index (Phi) is 5.69. The van der Waals surface area contributed by atoms with Gasteiger partial charge in [-0.15, -0.1) is 4.91 Å². The minimum absolute atomic E-state index is 0.204. The average molecular weight is 505 g/mol. The van der Waals surface area contributed by atoms with E-state index in [1.54, 1.807) is 38.5 Å². The van der Waals surface area contributed by atoms with Gasteiger partial charge in [0.15, 0.2) is 16.9 Å². The summed E-state index contributed by atoms with van der Waals surface area (Å²) in [6.07, 6.45) is 0. The SMILES string of the molecule is COc1cc2c(-c3ccccc3N=O)[n+](O)c3c(c(-c4ccccc4)[nH][n+]3-c3ccccc3)c2cc1OC. The second-order valence-corrected chi connectivity index (χ2v) is 8.74. The van der Waals surface area contributed by atoms with Crippen molar-refractivity contribution >= 4 is 27.5 Å². The molecule has 2 aromatic heterocycles. The molecule has 186 valence electrons. The van der Waals surface area contributed by atoms with Crippen molar-refractivity contribution in [2.75, 3.05) is 14.2 Å². The highest BCUT2D eigenvalue weighted by Crippen LogP contribution is 2.42. The number of benzene rings is 4. The van der Waals surface area contributed by atoms with Crippen LogP contribution in [0.4, 0.5) is 5.69 Å². The number of aromatic nitrogens is 3. The summed E-state index contributed by atoms with van der Waals surface area (Å²) in [6, 6.07) is 30.2. The van der Waals surface area contributed by atoms with Crippen LogP contribution in [0.1, 0.15) is 0 Å². The van der Waals surface area contributed by atoms with Gasteiger partial charge >= 0.3 is 5.65 Å². The first-order valence-electron chi connectivity index (χ1n) is 12.0. The molecule has 6 rings (SSSR count). The smallest absolute Gasteiger partial charge is 0.493 e. The molecule has 0 aliphatic rings. The molecule has 4 aromatic carbocycles. The maximum Gasteiger partial charge on any atom is 0.531 e. The molecular formula is C30H24N4O4+2. The Morgan fingerprint density at radius 1 is 0.789 bits per heavy atom. The van der Waals surface area contributed by atoms with E-state index in [2.05, 4.69) is 10.3 Å². The predicted octanol–water partition coefficient (Wildman–Crippen LogP) is 5.87. The van der Waals surface area contributed by atoms with Crippen molar-refractivity contribution < 1.29 is 24.1 Å². The first-order chi connectivity index (χ1) is 18.7. The summed E-state index contributed by atoms with van der Waals surface area (Å²) >= 11 is 0. The molecule has 0 atom stereocenters. The lowest BCUT2D eigenvalue weighted by molar-refractivity contribution is -0.907. The van der Waals surface area contributed by atoms with E-state index in [-0.39, 0.29) is 5.69 Å². The van der Waals surface area contributed by atoms with Gasteiger partial charge in [-0.1, -0.05) is 60.7 Å². The van der Waals surface area contributed by atoms with Crippen LogP contribution >= 0.6 is 0 Å². The molecule has 0 spiro atoms. The lowest BCUT2D eigenvalue weighted by Gasteiger charge is -2.11. The molecule has 0 aliphatic carbocycles. The summed E-state index contributed by atoms with van der Waals surface area (Å²) in [5.74, 6) is 1.03. The second kappa shape index (κ2) is 9.33. The number of nitroso groups, excluding NO2 is 1. The summed E-state index contributed by atoms with van der Waals surface area (Å²) < 4.78 is 14.2. The van der Waals surface area contributed by atoms with Crippen molar-refractivity contribution in [2.45, 2.75) is 0 Å². The highest BCUT2D eigenvalue weighted by molar-refractivity contribution is 6.13. The molecule has 0 radical (unpaired) electrons. The zero-order valence-corrected chi connectivity index (χ0v) is 20.8. The molecule has 2 N–H and O–H groups in total. The van der Waals surface area contributed by atoms with Crippen LogP contribution in [-0.2, 0) is 0 Å². The van der Waals surface area contributed by atoms with E-state index in [0.29, 0.717) is 33.8 Å². The minimum atomic E-state index is 0.204. The minimum Gasteiger partial charge on any atom is -0.493 e. The summed E-state index contributed by atoms with van der Waals surface area (Å²) in [4.78, 5) is 11.8. The molecular weight excluding hydrogens is 480 g/mol. The van der Waals surface area contributed by atoms with Crippen LogP contribution in [0, 0.1) is 4.91 Å². The monoisotopic (exact) mass is 504 g/mol. The van der Waals surface area contributed by atoms with Crippen LogP contribution < -0.4 is 18.9 Å². The van der Waals surface area contributed by atoms with E-state index in [9.17, 15) is 10.1 Å². The van der Waals surface area contributed by atoms with Gasteiger partial charge in [0, 0.05) is 23.1 Å². The number of rotatable bonds is 6. The van der Waals surface area contributed by atoms with Crippen molar-refractivity contribution in [1.82, 2.24) is 5.10 Å². The summed E-state index contributed by atoms with van der Waals surface area (Å²) in [7, 11) is 3.15. The number of H-pyrrole nitrogens is 1. The average Bonchev–Trinajstić information content (AvgIpc) is 3.39. The Hall–Kier alpha value is -5.24. The van der Waals surface area contributed by atoms with Crippen LogP contribution in [0.25, 0.3) is 50.0 Å². The van der Waals surface area contributed by atoms with Gasteiger partial charge in [0.25, 0.3) is 5.69 Å². The van der Waals surface area contributed by atoms with Gasteiger partial charge in [0.2, 0.25) is 5.69 Å². The number of nitrogens with one attached hydrogen (secondary N) is 1. The van der Waals surface area contributed by atoms with Crippen LogP contribution in [0.3, 0.4) is 0 Å². The Morgan fingerprint density at radius 2 is 1.39 bits per heavy atom. The fraction of sp³-hybridized carbons (Fsp3) is 0.0667. The third-order valence-electron chi connectivity index (χ3n) is 6.70. The maximum atomic E-state index is 12.0. The van der Waals surface area contributed by atoms with Gasteiger partial charge in [-0.2, -0.15) is 5.10 Å². The van der Waals surface area contributed by atoms with Crippen LogP contribution in [0.2, 0.25) is 0 Å². The largest absolute Gasteiger partial charge is 0.531 e. The Morgan fingerprint density at radius 3 is 2.05 bits per heavy atom. The van der Waals surface area contributed by atoms with E-state index >= 15 is 0 Å². The van der Waals surface area contributed by atoms with Gasteiger partial charge < -0.3 is 9.47 Å². The van der Waals surface area contributed by atoms with Crippen molar-refractivity contribution in [3.05, 3.63) is 102 Å². The van der Waals surface area contributed by atoms with Crippen molar-refractivity contribution in [3.63, 3.8) is 0 Å². The molecule has 8 nitrogen and oxygen atoms in total. The number of pyridine rings is 1. The number of aromatic amines is 1. The van der Waals surface area contributed by atoms with E-state index in [1.165, 1.54) is 0 Å². The fourth-order valence-electron chi connectivity index (χ4n) is 4.99. The third kappa shape index (κ3) is 3.54. The topological polar surface area (TPSA) is 91.7 Å². The Bertz CT molecular complexity index is 1820. The molecule has 8 heteroatoms. The number of methoxy groups -OCH3 is 2. The van der Waals surface area contributed by atoms with Crippen LogP contribution in [-0.4, -0.2) is 24.5 Å². The predicted molar refractivity (Wildman–Crippen MR) is 144 cm³/mol. The zero-order valence-electron chi connectivity index (χ0n) is 20.8. The first-order valence-corrected chi connectivity index (χ1v) is 12.0. The van der Waals surface area contributed by atoms with E-state index in [1.807, 2.05) is 77.5 Å². The molecule has 0 saturated carbocycles. The molecule has 0 amide bonds. The van der Waals surface area contributed by atoms with Crippen LogP contribution in [0.5, 0.6) is 11.5 Å². The zero-order chi connectivity index (χ0) is 26.2. The molecule has 0 fully saturated rings. The highest BCUT2D eigenvalue weighted by atomic mass is 16.5. The van der Waals surface area contributed by atoms with Crippen molar-refractivity contribution in [2.24, 2.45) is 5.18 Å². The van der Waals surface area contributed by atoms with Crippen molar-refractivity contribution in [1.29, 1.82) is 0 Å². The van der Waals surface area contributed by atoms with E-state index in [0.717, 1.165) is 32.4 Å². The number of para-hydroxylation sites is 1. The van der Waals surface area contributed by atoms with Gasteiger partial charge in [-0.25, -0.2) is 0 Å². The molecule has 6 aromatic rings. The third-order valence-corrected chi connectivity index (χ3v) is 6.70. The van der Waals surface area contributed by atoms with Gasteiger partial charge in [-0.3, -0.25) is 5.21 Å². The lowest BCUT2D eigenvalue weighted by atomic mass is 9.97. The summed E-state index contributed by atoms with van der Waals surface area (Å²) in [5.41, 5.74) is 4.11. The first kappa shape index (κ1) is 23.2. The number of ether oxygens (including phenoxy) is 2. The van der Waals surface area contributed by atoms with Gasteiger partial charge in [0.1, 0.15) is 11.4 Å². The number of hydrogen-bond donors (Lipinski definition) is 2. The standard InChI is InChI=1S/C30H23N4O4/c1-37-25-17-22-23(18-26(25)38-2)29(21-15-9-10-16-24(21)32-35)34(36)30-27(22)28(19-11-5-3-6-12-19)31-33(30)20-13-7-4-8-14-20/h3-18H,1-2H3,(H,35,36)/q+1/p+1. The highest BCUT2D eigenvalue weighted by Gasteiger charge is 2.39. The molecule has 0 unspecified atom stereocenters. The Labute approximate surface area is 217 Å². The quantitative estimate of drug-likeness (QED) is 0.169. The summed E-state index contributed by atoms with van der Waals surface area (Å²) in [5, 5.41) is 20.9. The number of hydrogen-bond acceptors (Lipinski definition) is 5. The lowest BCUT2D eigenvalue weighted by Crippen LogP contribution is -2.46. The number of nitrogens with zero attached hydrogens (tertiary/aromatic N) is 3. The molecule has 38 heavy (non-hydrogen) atoms. The molecule has 0 bridgehead atoms. The van der Waals surface area contributed by atoms with Gasteiger partial charge in [-0.05, 0) is 34.1 Å². The van der Waals surface area contributed by atoms with Gasteiger partial charge in [0.05, 0.1) is 29.9 Å². The normalized spacial score (nSPS) is 11.1. The maximum absolute atomic E-state index is 12.0. The van der Waals surface area contributed by atoms with E-state index in [4.69, 9.17) is 9.47 Å². The Balaban J connectivity index is 1.88. The fourth-order valence-corrected chi connectivity index (χ4v) is 4.99.